The summed E-state index contributed by atoms with van der Waals surface area (Å²) >= 11 is 11.9. The lowest BCUT2D eigenvalue weighted by atomic mass is 10.2. The summed E-state index contributed by atoms with van der Waals surface area (Å²) in [5, 5.41) is 9.23. The fourth-order valence-electron chi connectivity index (χ4n) is 3.03. The lowest BCUT2D eigenvalue weighted by Crippen LogP contribution is -2.32. The number of halogens is 2. The molecule has 0 unspecified atom stereocenters. The SMILES string of the molecule is CCOc1cc(/C=N\NC(=O)C(=O)Nc2cccc(Cl)c2Cl)ccc1OCC(=O)Nc1cccc(OC)c1. The van der Waals surface area contributed by atoms with Crippen LogP contribution in [0.15, 0.2) is 65.8 Å². The predicted octanol–water partition coefficient (Wildman–Crippen LogP) is 4.51. The van der Waals surface area contributed by atoms with Gasteiger partial charge in [0.05, 0.1) is 35.7 Å². The van der Waals surface area contributed by atoms with Gasteiger partial charge < -0.3 is 24.8 Å². The van der Waals surface area contributed by atoms with Gasteiger partial charge in [0.2, 0.25) is 0 Å². The topological polar surface area (TPSA) is 127 Å². The zero-order valence-electron chi connectivity index (χ0n) is 20.4. The van der Waals surface area contributed by atoms with E-state index in [1.807, 2.05) is 0 Å². The summed E-state index contributed by atoms with van der Waals surface area (Å²) in [6.07, 6.45) is 1.32. The van der Waals surface area contributed by atoms with Gasteiger partial charge in [-0.2, -0.15) is 5.10 Å². The zero-order valence-corrected chi connectivity index (χ0v) is 21.9. The Kier molecular flexibility index (Phi) is 10.3. The van der Waals surface area contributed by atoms with E-state index in [0.717, 1.165) is 0 Å². The van der Waals surface area contributed by atoms with Crippen LogP contribution in [-0.2, 0) is 14.4 Å². The van der Waals surface area contributed by atoms with Gasteiger partial charge in [0.1, 0.15) is 5.75 Å². The van der Waals surface area contributed by atoms with Gasteiger partial charge in [-0.25, -0.2) is 5.43 Å². The van der Waals surface area contributed by atoms with Crippen molar-refractivity contribution in [1.82, 2.24) is 5.43 Å². The van der Waals surface area contributed by atoms with Crippen LogP contribution in [0.4, 0.5) is 11.4 Å². The first-order chi connectivity index (χ1) is 18.3. The van der Waals surface area contributed by atoms with Crippen molar-refractivity contribution in [2.75, 3.05) is 31.0 Å². The summed E-state index contributed by atoms with van der Waals surface area (Å²) in [6.45, 7) is 1.88. The molecular formula is C26H24Cl2N4O6. The number of benzene rings is 3. The molecule has 0 heterocycles. The van der Waals surface area contributed by atoms with Crippen LogP contribution in [-0.4, -0.2) is 44.3 Å². The standard InChI is InChI=1S/C26H24Cl2N4O6/c1-3-37-22-12-16(14-29-32-26(35)25(34)31-20-9-5-8-19(27)24(20)28)10-11-21(22)38-15-23(33)30-17-6-4-7-18(13-17)36-2/h4-14H,3,15H2,1-2H3,(H,30,33)(H,31,34)(H,32,35)/b29-14-. The number of hydrazone groups is 1. The maximum atomic E-state index is 12.3. The largest absolute Gasteiger partial charge is 0.497 e. The first-order valence-electron chi connectivity index (χ1n) is 11.2. The molecule has 3 aromatic rings. The Bertz CT molecular complexity index is 1350. The van der Waals surface area contributed by atoms with Crippen LogP contribution in [0.3, 0.4) is 0 Å². The summed E-state index contributed by atoms with van der Waals surface area (Å²) in [4.78, 5) is 36.5. The lowest BCUT2D eigenvalue weighted by Gasteiger charge is -2.13. The Morgan fingerprint density at radius 2 is 1.71 bits per heavy atom. The van der Waals surface area contributed by atoms with Crippen molar-refractivity contribution in [2.45, 2.75) is 6.92 Å². The van der Waals surface area contributed by atoms with Crippen LogP contribution in [0.2, 0.25) is 10.0 Å². The smallest absolute Gasteiger partial charge is 0.329 e. The van der Waals surface area contributed by atoms with E-state index < -0.39 is 11.8 Å². The molecule has 0 saturated heterocycles. The third-order valence-corrected chi connectivity index (χ3v) is 5.58. The molecule has 3 aromatic carbocycles. The second kappa shape index (κ2) is 13.9. The molecule has 0 aromatic heterocycles. The Balaban J connectivity index is 1.57. The predicted molar refractivity (Wildman–Crippen MR) is 146 cm³/mol. The molecular weight excluding hydrogens is 535 g/mol. The minimum absolute atomic E-state index is 0.113. The zero-order chi connectivity index (χ0) is 27.5. The van der Waals surface area contributed by atoms with Crippen LogP contribution >= 0.6 is 23.2 Å². The highest BCUT2D eigenvalue weighted by atomic mass is 35.5. The van der Waals surface area contributed by atoms with Crippen LogP contribution in [0.1, 0.15) is 12.5 Å². The van der Waals surface area contributed by atoms with Crippen LogP contribution in [0.5, 0.6) is 17.2 Å². The molecule has 198 valence electrons. The molecule has 0 aliphatic carbocycles. The minimum atomic E-state index is -1.01. The minimum Gasteiger partial charge on any atom is -0.497 e. The van der Waals surface area contributed by atoms with Gasteiger partial charge in [-0.15, -0.1) is 0 Å². The van der Waals surface area contributed by atoms with E-state index in [1.165, 1.54) is 19.4 Å². The van der Waals surface area contributed by atoms with E-state index in [4.69, 9.17) is 37.4 Å². The van der Waals surface area contributed by atoms with Crippen molar-refractivity contribution in [2.24, 2.45) is 5.10 Å². The summed E-state index contributed by atoms with van der Waals surface area (Å²) in [5.41, 5.74) is 3.44. The third kappa shape index (κ3) is 8.12. The first kappa shape index (κ1) is 28.3. The number of methoxy groups -OCH3 is 1. The number of nitrogens with one attached hydrogen (secondary N) is 3. The number of rotatable bonds is 10. The van der Waals surface area contributed by atoms with Gasteiger partial charge in [0.15, 0.2) is 18.1 Å². The Labute approximate surface area is 228 Å². The quantitative estimate of drug-likeness (QED) is 0.191. The molecule has 0 aliphatic heterocycles. The molecule has 10 nitrogen and oxygen atoms in total. The molecule has 0 saturated carbocycles. The van der Waals surface area contributed by atoms with Crippen LogP contribution in [0, 0.1) is 0 Å². The van der Waals surface area contributed by atoms with Gasteiger partial charge in [-0.1, -0.05) is 35.3 Å². The molecule has 3 amide bonds. The lowest BCUT2D eigenvalue weighted by molar-refractivity contribution is -0.136. The van der Waals surface area contributed by atoms with Crippen molar-refractivity contribution >= 4 is 58.5 Å². The summed E-state index contributed by atoms with van der Waals surface area (Å²) in [6, 6.07) is 16.4. The molecule has 0 spiro atoms. The number of hydrogen-bond acceptors (Lipinski definition) is 7. The number of carbonyl (C=O) groups is 3. The average Bonchev–Trinajstić information content (AvgIpc) is 2.91. The fraction of sp³-hybridized carbons (Fsp3) is 0.154. The van der Waals surface area contributed by atoms with Crippen molar-refractivity contribution in [3.63, 3.8) is 0 Å². The van der Waals surface area contributed by atoms with Crippen molar-refractivity contribution in [1.29, 1.82) is 0 Å². The van der Waals surface area contributed by atoms with Gasteiger partial charge >= 0.3 is 11.8 Å². The Morgan fingerprint density at radius 1 is 0.921 bits per heavy atom. The third-order valence-electron chi connectivity index (χ3n) is 4.77. The van der Waals surface area contributed by atoms with Gasteiger partial charge in [-0.3, -0.25) is 14.4 Å². The molecule has 3 rings (SSSR count). The van der Waals surface area contributed by atoms with E-state index in [9.17, 15) is 14.4 Å². The molecule has 38 heavy (non-hydrogen) atoms. The van der Waals surface area contributed by atoms with Crippen molar-refractivity contribution in [3.05, 3.63) is 76.3 Å². The number of carbonyl (C=O) groups excluding carboxylic acids is 3. The van der Waals surface area contributed by atoms with Gasteiger partial charge in [0, 0.05) is 11.8 Å². The van der Waals surface area contributed by atoms with Gasteiger partial charge in [-0.05, 0) is 55.0 Å². The van der Waals surface area contributed by atoms with Gasteiger partial charge in [0.25, 0.3) is 5.91 Å². The number of amides is 3. The first-order valence-corrected chi connectivity index (χ1v) is 12.0. The molecule has 0 atom stereocenters. The molecule has 0 aliphatic rings. The summed E-state index contributed by atoms with van der Waals surface area (Å²) in [7, 11) is 1.54. The maximum absolute atomic E-state index is 12.3. The summed E-state index contributed by atoms with van der Waals surface area (Å²) < 4.78 is 16.4. The highest BCUT2D eigenvalue weighted by molar-refractivity contribution is 6.45. The molecule has 0 bridgehead atoms. The number of nitrogens with zero attached hydrogens (tertiary/aromatic N) is 1. The van der Waals surface area contributed by atoms with E-state index in [1.54, 1.807) is 61.5 Å². The monoisotopic (exact) mass is 558 g/mol. The molecule has 0 fully saturated rings. The highest BCUT2D eigenvalue weighted by Gasteiger charge is 2.15. The second-order valence-corrected chi connectivity index (χ2v) is 8.25. The Morgan fingerprint density at radius 3 is 2.47 bits per heavy atom. The molecule has 3 N–H and O–H groups in total. The van der Waals surface area contributed by atoms with Crippen molar-refractivity contribution < 1.29 is 28.6 Å². The Hall–Kier alpha value is -4.28. The number of anilines is 2. The van der Waals surface area contributed by atoms with Crippen LogP contribution in [0.25, 0.3) is 0 Å². The fourth-order valence-corrected chi connectivity index (χ4v) is 3.38. The van der Waals surface area contributed by atoms with E-state index in [-0.39, 0.29) is 28.2 Å². The maximum Gasteiger partial charge on any atom is 0.329 e. The number of ether oxygens (including phenoxy) is 3. The highest BCUT2D eigenvalue weighted by Crippen LogP contribution is 2.30. The van der Waals surface area contributed by atoms with E-state index >= 15 is 0 Å². The average molecular weight is 559 g/mol. The van der Waals surface area contributed by atoms with E-state index in [2.05, 4.69) is 21.2 Å². The van der Waals surface area contributed by atoms with Crippen molar-refractivity contribution in [3.8, 4) is 17.2 Å². The normalized spacial score (nSPS) is 10.5. The molecule has 12 heteroatoms. The second-order valence-electron chi connectivity index (χ2n) is 7.46. The summed E-state index contributed by atoms with van der Waals surface area (Å²) in [5.74, 6) is -1.04. The number of hydrogen-bond donors (Lipinski definition) is 3. The molecule has 0 radical (unpaired) electrons. The van der Waals surface area contributed by atoms with E-state index in [0.29, 0.717) is 35.1 Å². The van der Waals surface area contributed by atoms with Crippen LogP contribution < -0.4 is 30.3 Å².